The second-order valence-corrected chi connectivity index (χ2v) is 5.74. The Morgan fingerprint density at radius 1 is 1.42 bits per heavy atom. The number of halogens is 1. The van der Waals surface area contributed by atoms with Crippen LogP contribution in [0.25, 0.3) is 0 Å². The van der Waals surface area contributed by atoms with E-state index in [1.807, 2.05) is 0 Å². The third kappa shape index (κ3) is 5.84. The van der Waals surface area contributed by atoms with Crippen LogP contribution in [-0.4, -0.2) is 13.6 Å². The summed E-state index contributed by atoms with van der Waals surface area (Å²) in [6.45, 7) is 3.43. The molecule has 0 amide bonds. The molecule has 0 heterocycles. The van der Waals surface area contributed by atoms with E-state index in [-0.39, 0.29) is 0 Å². The lowest BCUT2D eigenvalue weighted by atomic mass is 10.1. The van der Waals surface area contributed by atoms with Crippen LogP contribution in [0.1, 0.15) is 47.3 Å². The van der Waals surface area contributed by atoms with Crippen molar-refractivity contribution < 1.29 is 9.79 Å². The van der Waals surface area contributed by atoms with E-state index >= 15 is 0 Å². The Morgan fingerprint density at radius 2 is 2.00 bits per heavy atom. The molecule has 2 nitrogen and oxygen atoms in total. The van der Waals surface area contributed by atoms with Gasteiger partial charge >= 0.3 is 0 Å². The van der Waals surface area contributed by atoms with Crippen molar-refractivity contribution in [1.82, 2.24) is 0 Å². The molecule has 0 saturated heterocycles. The molecule has 0 spiro atoms. The Kier molecular flexibility index (Phi) is 5.00. The topological polar surface area (TPSA) is 34.1 Å². The van der Waals surface area contributed by atoms with Crippen LogP contribution >= 0.6 is 10.7 Å². The predicted octanol–water partition coefficient (Wildman–Crippen LogP) is 2.91. The van der Waals surface area contributed by atoms with E-state index in [0.717, 1.165) is 25.7 Å². The summed E-state index contributed by atoms with van der Waals surface area (Å²) in [5, 5.41) is -1.53. The van der Waals surface area contributed by atoms with E-state index < -0.39 is 14.3 Å². The van der Waals surface area contributed by atoms with Crippen molar-refractivity contribution >= 4 is 19.7 Å². The summed E-state index contributed by atoms with van der Waals surface area (Å²) in [4.78, 5) is 0. The van der Waals surface area contributed by atoms with Gasteiger partial charge in [-0.15, -0.1) is 0 Å². The molecule has 0 aromatic heterocycles. The Labute approximate surface area is 81.1 Å². The zero-order valence-electron chi connectivity index (χ0n) is 8.64. The first kappa shape index (κ1) is 10.3. The fraction of sp³-hybridized carbons (Fsp3) is 1.00. The molecular formula is C8H17ClO2S. The molecule has 1 atom stereocenters. The molecule has 0 rings (SSSR count). The van der Waals surface area contributed by atoms with Gasteiger partial charge in [0.05, 0.1) is 5.23 Å². The molecule has 0 aromatic rings. The van der Waals surface area contributed by atoms with E-state index in [1.165, 1.54) is 6.92 Å². The molecule has 0 fully saturated rings. The van der Waals surface area contributed by atoms with Crippen LogP contribution in [0.4, 0.5) is 0 Å². The molecule has 0 bridgehead atoms. The molecule has 0 aliphatic rings. The predicted molar refractivity (Wildman–Crippen MR) is 53.0 cm³/mol. The summed E-state index contributed by atoms with van der Waals surface area (Å²) >= 11 is 0. The minimum Gasteiger partial charge on any atom is -0.212 e. The molecule has 0 unspecified atom stereocenters. The molecule has 0 radical (unpaired) electrons. The van der Waals surface area contributed by atoms with Crippen molar-refractivity contribution in [3.8, 4) is 0 Å². The van der Waals surface area contributed by atoms with Crippen LogP contribution in [0.5, 0.6) is 0 Å². The van der Waals surface area contributed by atoms with Gasteiger partial charge in [0.1, 0.15) is 0 Å². The van der Waals surface area contributed by atoms with Crippen LogP contribution < -0.4 is 0 Å². The fourth-order valence-corrected chi connectivity index (χ4v) is 1.54. The van der Waals surface area contributed by atoms with Gasteiger partial charge in [0, 0.05) is 12.1 Å². The molecule has 0 N–H and O–H groups in total. The van der Waals surface area contributed by atoms with E-state index in [1.54, 1.807) is 0 Å². The van der Waals surface area contributed by atoms with Crippen molar-refractivity contribution in [3.63, 3.8) is 0 Å². The Balaban J connectivity index is 3.91. The largest absolute Gasteiger partial charge is 0.235 e. The molecule has 12 heavy (non-hydrogen) atoms. The maximum absolute atomic E-state index is 10.9. The summed E-state index contributed by atoms with van der Waals surface area (Å²) in [6, 6.07) is 0. The summed E-state index contributed by atoms with van der Waals surface area (Å²) in [5.74, 6) is 0. The highest BCUT2D eigenvalue weighted by molar-refractivity contribution is 8.14. The first-order valence-electron chi connectivity index (χ1n) is 4.75. The molecule has 74 valence electrons. The zero-order chi connectivity index (χ0) is 10.5. The molecule has 0 aliphatic carbocycles. The van der Waals surface area contributed by atoms with Gasteiger partial charge in [-0.1, -0.05) is 32.6 Å². The van der Waals surface area contributed by atoms with Gasteiger partial charge in [0.25, 0.3) is 0 Å². The third-order valence-corrected chi connectivity index (χ3v) is 3.63. The first-order valence-corrected chi connectivity index (χ1v) is 6.56. The van der Waals surface area contributed by atoms with Crippen LogP contribution in [0.2, 0.25) is 0 Å². The SMILES string of the molecule is [2H][C@](C)(CCCCCC)S(=O)(=O)Cl. The second kappa shape index (κ2) is 5.81. The van der Waals surface area contributed by atoms with Gasteiger partial charge in [0.15, 0.2) is 0 Å². The summed E-state index contributed by atoms with van der Waals surface area (Å²) in [5.41, 5.74) is 0. The molecular weight excluding hydrogens is 196 g/mol. The highest BCUT2D eigenvalue weighted by Gasteiger charge is 2.16. The smallest absolute Gasteiger partial charge is 0.212 e. The van der Waals surface area contributed by atoms with Gasteiger partial charge in [-0.3, -0.25) is 0 Å². The lowest BCUT2D eigenvalue weighted by Crippen LogP contribution is -2.10. The Bertz CT molecular complexity index is 237. The zero-order valence-corrected chi connectivity index (χ0v) is 9.21. The van der Waals surface area contributed by atoms with Gasteiger partial charge < -0.3 is 0 Å². The minimum atomic E-state index is -3.75. The monoisotopic (exact) mass is 213 g/mol. The van der Waals surface area contributed by atoms with Gasteiger partial charge in [-0.2, -0.15) is 0 Å². The average Bonchev–Trinajstić information content (AvgIpc) is 1.96. The van der Waals surface area contributed by atoms with E-state index in [4.69, 9.17) is 12.1 Å². The van der Waals surface area contributed by atoms with Crippen molar-refractivity contribution in [2.45, 2.75) is 51.2 Å². The lowest BCUT2D eigenvalue weighted by Gasteiger charge is -2.05. The third-order valence-electron chi connectivity index (χ3n) is 1.80. The Morgan fingerprint density at radius 3 is 2.42 bits per heavy atom. The highest BCUT2D eigenvalue weighted by atomic mass is 35.7. The molecule has 4 heteroatoms. The Hall–Kier alpha value is 0.240. The standard InChI is InChI=1S/C8H17ClO2S/c1-3-4-5-6-7-8(2)12(9,10)11/h8H,3-7H2,1-2H3/t8-/m0/s1/i8D. The van der Waals surface area contributed by atoms with Crippen LogP contribution in [-0.2, 0) is 9.05 Å². The highest BCUT2D eigenvalue weighted by Crippen LogP contribution is 2.14. The van der Waals surface area contributed by atoms with E-state index in [2.05, 4.69) is 6.92 Å². The van der Waals surface area contributed by atoms with Gasteiger partial charge in [-0.25, -0.2) is 8.42 Å². The molecule has 0 saturated carbocycles. The normalized spacial score (nSPS) is 18.4. The van der Waals surface area contributed by atoms with Crippen LogP contribution in [0, 0.1) is 0 Å². The summed E-state index contributed by atoms with van der Waals surface area (Å²) in [7, 11) is 1.37. The number of hydrogen-bond donors (Lipinski definition) is 0. The van der Waals surface area contributed by atoms with Crippen molar-refractivity contribution in [2.24, 2.45) is 0 Å². The maximum atomic E-state index is 10.9. The van der Waals surface area contributed by atoms with Crippen molar-refractivity contribution in [2.75, 3.05) is 0 Å². The van der Waals surface area contributed by atoms with Crippen molar-refractivity contribution in [3.05, 3.63) is 0 Å². The van der Waals surface area contributed by atoms with Crippen LogP contribution in [0.3, 0.4) is 0 Å². The fourth-order valence-electron chi connectivity index (χ4n) is 0.923. The average molecular weight is 214 g/mol. The number of hydrogen-bond acceptors (Lipinski definition) is 2. The van der Waals surface area contributed by atoms with Gasteiger partial charge in [-0.05, 0) is 13.3 Å². The second-order valence-electron chi connectivity index (χ2n) is 2.95. The summed E-state index contributed by atoms with van der Waals surface area (Å²) in [6.07, 6.45) is 4.22. The number of unbranched alkanes of at least 4 members (excludes halogenated alkanes) is 3. The van der Waals surface area contributed by atoms with Gasteiger partial charge in [0.2, 0.25) is 9.05 Å². The quantitative estimate of drug-likeness (QED) is 0.502. The lowest BCUT2D eigenvalue weighted by molar-refractivity contribution is 0.575. The number of rotatable bonds is 6. The van der Waals surface area contributed by atoms with Crippen LogP contribution in [0.15, 0.2) is 0 Å². The minimum absolute atomic E-state index is 0.318. The first-order chi connectivity index (χ1) is 5.81. The van der Waals surface area contributed by atoms with E-state index in [9.17, 15) is 8.42 Å². The van der Waals surface area contributed by atoms with Crippen molar-refractivity contribution in [1.29, 1.82) is 0 Å². The molecule has 0 aliphatic heterocycles. The molecule has 0 aromatic carbocycles. The van der Waals surface area contributed by atoms with E-state index in [0.29, 0.717) is 6.42 Å². The summed E-state index contributed by atoms with van der Waals surface area (Å²) < 4.78 is 29.3. The maximum Gasteiger partial charge on any atom is 0.235 e.